The highest BCUT2D eigenvalue weighted by Gasteiger charge is 2.36. The van der Waals surface area contributed by atoms with Crippen LogP contribution < -0.4 is 14.8 Å². The molecule has 25 heavy (non-hydrogen) atoms. The quantitative estimate of drug-likeness (QED) is 0.849. The second kappa shape index (κ2) is 6.67. The molecule has 0 unspecified atom stereocenters. The van der Waals surface area contributed by atoms with E-state index in [2.05, 4.69) is 12.2 Å². The van der Waals surface area contributed by atoms with Crippen molar-refractivity contribution in [3.05, 3.63) is 54.0 Å². The Balaban J connectivity index is 1.26. The van der Waals surface area contributed by atoms with Crippen LogP contribution in [-0.2, 0) is 4.79 Å². The van der Waals surface area contributed by atoms with Gasteiger partial charge in [0.1, 0.15) is 24.2 Å². The summed E-state index contributed by atoms with van der Waals surface area (Å²) in [7, 11) is 0. The van der Waals surface area contributed by atoms with Crippen LogP contribution in [0.5, 0.6) is 11.5 Å². The molecule has 4 rings (SSSR count). The summed E-state index contributed by atoms with van der Waals surface area (Å²) >= 11 is 0. The van der Waals surface area contributed by atoms with Crippen LogP contribution in [0.1, 0.15) is 30.8 Å². The number of amides is 1. The fourth-order valence-electron chi connectivity index (χ4n) is 2.97. The van der Waals surface area contributed by atoms with Crippen LogP contribution in [0.25, 0.3) is 6.08 Å². The van der Waals surface area contributed by atoms with Crippen LogP contribution in [-0.4, -0.2) is 25.2 Å². The summed E-state index contributed by atoms with van der Waals surface area (Å²) < 4.78 is 17.2. The van der Waals surface area contributed by atoms with Gasteiger partial charge >= 0.3 is 0 Å². The lowest BCUT2D eigenvalue weighted by molar-refractivity contribution is -0.116. The number of benzene rings is 1. The van der Waals surface area contributed by atoms with Crippen molar-refractivity contribution in [2.24, 2.45) is 5.92 Å². The van der Waals surface area contributed by atoms with Crippen LogP contribution in [0.2, 0.25) is 0 Å². The number of fused-ring (bicyclic) bond motifs is 1. The predicted octanol–water partition coefficient (Wildman–Crippen LogP) is 3.37. The van der Waals surface area contributed by atoms with Gasteiger partial charge in [-0.25, -0.2) is 0 Å². The van der Waals surface area contributed by atoms with Crippen molar-refractivity contribution >= 4 is 12.0 Å². The van der Waals surface area contributed by atoms with Gasteiger partial charge in [-0.3, -0.25) is 4.79 Å². The Hall–Kier alpha value is -2.69. The molecule has 1 aromatic heterocycles. The van der Waals surface area contributed by atoms with Crippen LogP contribution in [0.15, 0.2) is 46.9 Å². The second-order valence-electron chi connectivity index (χ2n) is 6.64. The van der Waals surface area contributed by atoms with Gasteiger partial charge < -0.3 is 19.2 Å². The first-order valence-electron chi connectivity index (χ1n) is 8.63. The SMILES string of the molecule is C[C@@H]1C[C@@H]1c1ccc(/C=C\C(=O)NC[C@H]2COc3ccccc3O2)o1. The van der Waals surface area contributed by atoms with Gasteiger partial charge in [0.25, 0.3) is 0 Å². The molecule has 1 saturated carbocycles. The summed E-state index contributed by atoms with van der Waals surface area (Å²) in [6.45, 7) is 3.02. The van der Waals surface area contributed by atoms with Crippen molar-refractivity contribution in [3.8, 4) is 11.5 Å². The molecule has 1 amide bonds. The first-order valence-corrected chi connectivity index (χ1v) is 8.63. The molecule has 0 bridgehead atoms. The number of carbonyl (C=O) groups excluding carboxylic acids is 1. The molecule has 130 valence electrons. The average molecular weight is 339 g/mol. The number of para-hydroxylation sites is 2. The normalized spacial score (nSPS) is 24.3. The zero-order valence-electron chi connectivity index (χ0n) is 14.1. The molecule has 1 fully saturated rings. The van der Waals surface area contributed by atoms with Crippen LogP contribution in [0, 0.1) is 5.92 Å². The summed E-state index contributed by atoms with van der Waals surface area (Å²) in [6, 6.07) is 11.4. The molecule has 0 spiro atoms. The smallest absolute Gasteiger partial charge is 0.244 e. The van der Waals surface area contributed by atoms with Gasteiger partial charge in [0.05, 0.1) is 6.54 Å². The number of carbonyl (C=O) groups is 1. The maximum absolute atomic E-state index is 12.0. The minimum Gasteiger partial charge on any atom is -0.486 e. The molecule has 1 aromatic carbocycles. The third kappa shape index (κ3) is 3.71. The summed E-state index contributed by atoms with van der Waals surface area (Å²) in [6.07, 6.45) is 4.17. The van der Waals surface area contributed by atoms with Crippen LogP contribution in [0.4, 0.5) is 0 Å². The summed E-state index contributed by atoms with van der Waals surface area (Å²) in [4.78, 5) is 12.0. The molecule has 0 saturated heterocycles. The van der Waals surface area contributed by atoms with E-state index in [1.165, 1.54) is 12.5 Å². The molecule has 2 aliphatic rings. The topological polar surface area (TPSA) is 60.7 Å². The zero-order chi connectivity index (χ0) is 17.2. The lowest BCUT2D eigenvalue weighted by Crippen LogP contribution is -2.40. The van der Waals surface area contributed by atoms with Crippen molar-refractivity contribution in [1.29, 1.82) is 0 Å². The molecule has 1 aliphatic carbocycles. The minimum absolute atomic E-state index is 0.180. The van der Waals surface area contributed by atoms with E-state index in [9.17, 15) is 4.79 Å². The number of hydrogen-bond donors (Lipinski definition) is 1. The first kappa shape index (κ1) is 15.8. The number of furan rings is 1. The zero-order valence-corrected chi connectivity index (χ0v) is 14.1. The predicted molar refractivity (Wildman–Crippen MR) is 93.6 cm³/mol. The van der Waals surface area contributed by atoms with Gasteiger partial charge in [0.2, 0.25) is 5.91 Å². The molecule has 5 nitrogen and oxygen atoms in total. The highest BCUT2D eigenvalue weighted by atomic mass is 16.6. The molecular weight excluding hydrogens is 318 g/mol. The molecule has 1 aliphatic heterocycles. The number of hydrogen-bond acceptors (Lipinski definition) is 4. The Morgan fingerprint density at radius 1 is 1.24 bits per heavy atom. The van der Waals surface area contributed by atoms with E-state index in [4.69, 9.17) is 13.9 Å². The molecule has 2 heterocycles. The Kier molecular flexibility index (Phi) is 4.22. The van der Waals surface area contributed by atoms with Gasteiger partial charge in [-0.15, -0.1) is 0 Å². The Morgan fingerprint density at radius 3 is 2.84 bits per heavy atom. The van der Waals surface area contributed by atoms with E-state index >= 15 is 0 Å². The number of ether oxygens (including phenoxy) is 2. The van der Waals surface area contributed by atoms with E-state index < -0.39 is 0 Å². The maximum Gasteiger partial charge on any atom is 0.244 e. The van der Waals surface area contributed by atoms with Crippen molar-refractivity contribution in [2.45, 2.75) is 25.4 Å². The van der Waals surface area contributed by atoms with Gasteiger partial charge in [0, 0.05) is 12.0 Å². The minimum atomic E-state index is -0.196. The maximum atomic E-state index is 12.0. The van der Waals surface area contributed by atoms with E-state index in [1.807, 2.05) is 36.4 Å². The third-order valence-electron chi connectivity index (χ3n) is 4.59. The van der Waals surface area contributed by atoms with Crippen molar-refractivity contribution < 1.29 is 18.7 Å². The molecule has 2 aromatic rings. The van der Waals surface area contributed by atoms with E-state index in [0.717, 1.165) is 11.5 Å². The van der Waals surface area contributed by atoms with Crippen LogP contribution >= 0.6 is 0 Å². The lowest BCUT2D eigenvalue weighted by Gasteiger charge is -2.26. The Labute approximate surface area is 146 Å². The highest BCUT2D eigenvalue weighted by Crippen LogP contribution is 2.47. The van der Waals surface area contributed by atoms with Gasteiger partial charge in [-0.2, -0.15) is 0 Å². The molecule has 5 heteroatoms. The average Bonchev–Trinajstić information content (AvgIpc) is 3.18. The second-order valence-corrected chi connectivity index (χ2v) is 6.64. The largest absolute Gasteiger partial charge is 0.486 e. The summed E-state index contributed by atoms with van der Waals surface area (Å²) in [5.41, 5.74) is 0. The van der Waals surface area contributed by atoms with Crippen molar-refractivity contribution in [1.82, 2.24) is 5.32 Å². The highest BCUT2D eigenvalue weighted by molar-refractivity contribution is 5.91. The third-order valence-corrected chi connectivity index (χ3v) is 4.59. The molecule has 3 atom stereocenters. The number of rotatable bonds is 5. The molecule has 0 radical (unpaired) electrons. The summed E-state index contributed by atoms with van der Waals surface area (Å²) in [5, 5.41) is 2.83. The number of nitrogens with one attached hydrogen (secondary N) is 1. The fourth-order valence-corrected chi connectivity index (χ4v) is 2.97. The van der Waals surface area contributed by atoms with Gasteiger partial charge in [-0.1, -0.05) is 19.1 Å². The fraction of sp³-hybridized carbons (Fsp3) is 0.350. The van der Waals surface area contributed by atoms with Gasteiger partial charge in [-0.05, 0) is 42.7 Å². The standard InChI is InChI=1S/C20H21NO4/c1-13-10-16(13)17-8-6-14(24-17)7-9-20(22)21-11-15-12-23-18-4-2-3-5-19(18)25-15/h2-9,13,15-16H,10-12H2,1H3,(H,21,22)/b9-7-/t13-,15+,16+/m1/s1. The van der Waals surface area contributed by atoms with Crippen LogP contribution in [0.3, 0.4) is 0 Å². The Bertz CT molecular complexity index is 794. The van der Waals surface area contributed by atoms with Gasteiger partial charge in [0.15, 0.2) is 11.5 Å². The van der Waals surface area contributed by atoms with E-state index in [0.29, 0.717) is 36.5 Å². The molecule has 1 N–H and O–H groups in total. The Morgan fingerprint density at radius 2 is 2.04 bits per heavy atom. The first-order chi connectivity index (χ1) is 12.2. The van der Waals surface area contributed by atoms with E-state index in [1.54, 1.807) is 6.08 Å². The summed E-state index contributed by atoms with van der Waals surface area (Å²) in [5.74, 6) is 4.23. The lowest BCUT2D eigenvalue weighted by atomic mass is 10.2. The van der Waals surface area contributed by atoms with E-state index in [-0.39, 0.29) is 12.0 Å². The van der Waals surface area contributed by atoms with Crippen molar-refractivity contribution in [2.75, 3.05) is 13.2 Å². The van der Waals surface area contributed by atoms with Crippen molar-refractivity contribution in [3.63, 3.8) is 0 Å². The molecular formula is C20H21NO4. The monoisotopic (exact) mass is 339 g/mol.